The van der Waals surface area contributed by atoms with Gasteiger partial charge in [0.05, 0.1) is 13.2 Å². The van der Waals surface area contributed by atoms with Gasteiger partial charge in [-0.25, -0.2) is 4.63 Å². The molecule has 1 aromatic heterocycles. The molecule has 7 heteroatoms. The van der Waals surface area contributed by atoms with Crippen molar-refractivity contribution in [3.05, 3.63) is 53.6 Å². The van der Waals surface area contributed by atoms with Crippen molar-refractivity contribution in [3.63, 3.8) is 0 Å². The molecule has 1 heterocycles. The van der Waals surface area contributed by atoms with Gasteiger partial charge < -0.3 is 14.7 Å². The summed E-state index contributed by atoms with van der Waals surface area (Å²) < 4.78 is 10.7. The van der Waals surface area contributed by atoms with Crippen LogP contribution < -0.4 is 4.74 Å². The number of nitrogens with zero attached hydrogens (tertiary/aromatic N) is 3. The number of carbonyl (C=O) groups excluding carboxylic acids is 1. The minimum atomic E-state index is -1.12. The lowest BCUT2D eigenvalue weighted by Crippen LogP contribution is -2.41. The molecule has 1 N–H and O–H groups in total. The summed E-state index contributed by atoms with van der Waals surface area (Å²) in [5, 5.41) is 18.4. The van der Waals surface area contributed by atoms with Gasteiger partial charge in [0, 0.05) is 11.1 Å². The minimum Gasteiger partial charge on any atom is -0.493 e. The standard InChI is InChI=1S/C23H27N3O4/c1-2-3-4-7-14-29-21-9-6-5-8-18(21)16-26(23(28)12-13-23)22(27)17-10-11-19-20(15-17)25-30-24-19/h5-6,8-11,15,28H,2-4,7,12-14,16H2,1H3. The molecule has 7 nitrogen and oxygen atoms in total. The van der Waals surface area contributed by atoms with Crippen molar-refractivity contribution in [2.24, 2.45) is 0 Å². The van der Waals surface area contributed by atoms with E-state index < -0.39 is 5.72 Å². The van der Waals surface area contributed by atoms with E-state index in [1.165, 1.54) is 17.7 Å². The monoisotopic (exact) mass is 409 g/mol. The molecular formula is C23H27N3O4. The third-order valence-electron chi connectivity index (χ3n) is 5.50. The summed E-state index contributed by atoms with van der Waals surface area (Å²) in [4.78, 5) is 14.8. The molecule has 0 aliphatic heterocycles. The smallest absolute Gasteiger partial charge is 0.256 e. The van der Waals surface area contributed by atoms with Crippen LogP contribution in [0.3, 0.4) is 0 Å². The Bertz CT molecular complexity index is 1010. The van der Waals surface area contributed by atoms with Crippen molar-refractivity contribution in [2.75, 3.05) is 6.61 Å². The summed E-state index contributed by atoms with van der Waals surface area (Å²) in [6, 6.07) is 12.7. The number of hydrogen-bond donors (Lipinski definition) is 1. The normalized spacial score (nSPS) is 14.6. The highest BCUT2D eigenvalue weighted by Crippen LogP contribution is 2.41. The zero-order chi connectivity index (χ0) is 21.0. The Kier molecular flexibility index (Phi) is 5.99. The molecule has 4 rings (SSSR count). The van der Waals surface area contributed by atoms with Crippen LogP contribution in [0.15, 0.2) is 47.1 Å². The van der Waals surface area contributed by atoms with Gasteiger partial charge in [-0.3, -0.25) is 4.79 Å². The SMILES string of the molecule is CCCCCCOc1ccccc1CN(C(=O)c1ccc2nonc2c1)C1(O)CC1. The van der Waals surface area contributed by atoms with E-state index in [4.69, 9.17) is 9.37 Å². The lowest BCUT2D eigenvalue weighted by Gasteiger charge is -2.29. The van der Waals surface area contributed by atoms with Crippen LogP contribution in [0.1, 0.15) is 61.4 Å². The van der Waals surface area contributed by atoms with E-state index in [2.05, 4.69) is 17.2 Å². The third-order valence-corrected chi connectivity index (χ3v) is 5.50. The summed E-state index contributed by atoms with van der Waals surface area (Å²) >= 11 is 0. The summed E-state index contributed by atoms with van der Waals surface area (Å²) in [7, 11) is 0. The Labute approximate surface area is 175 Å². The van der Waals surface area contributed by atoms with E-state index in [1.807, 2.05) is 24.3 Å². The fraction of sp³-hybridized carbons (Fsp3) is 0.435. The minimum absolute atomic E-state index is 0.252. The number of rotatable bonds is 10. The molecule has 0 bridgehead atoms. The molecule has 3 aromatic rings. The summed E-state index contributed by atoms with van der Waals surface area (Å²) in [6.45, 7) is 3.10. The highest BCUT2D eigenvalue weighted by Gasteiger charge is 2.49. The molecule has 1 saturated carbocycles. The Balaban J connectivity index is 1.52. The number of unbranched alkanes of at least 4 members (excludes halogenated alkanes) is 3. The Morgan fingerprint density at radius 3 is 2.73 bits per heavy atom. The second kappa shape index (κ2) is 8.83. The summed E-state index contributed by atoms with van der Waals surface area (Å²) in [5.74, 6) is 0.504. The maximum Gasteiger partial charge on any atom is 0.256 e. The number of hydrogen-bond acceptors (Lipinski definition) is 6. The van der Waals surface area contributed by atoms with E-state index in [0.717, 1.165) is 24.2 Å². The first kappa shape index (κ1) is 20.3. The number of ether oxygens (including phenoxy) is 1. The van der Waals surface area contributed by atoms with Gasteiger partial charge in [-0.1, -0.05) is 44.4 Å². The fourth-order valence-corrected chi connectivity index (χ4v) is 3.52. The van der Waals surface area contributed by atoms with E-state index in [1.54, 1.807) is 18.2 Å². The second-order valence-electron chi connectivity index (χ2n) is 7.86. The summed E-state index contributed by atoms with van der Waals surface area (Å²) in [5.41, 5.74) is 1.30. The van der Waals surface area contributed by atoms with Gasteiger partial charge in [-0.15, -0.1) is 0 Å². The predicted molar refractivity (Wildman–Crippen MR) is 112 cm³/mol. The van der Waals surface area contributed by atoms with Crippen molar-refractivity contribution >= 4 is 16.9 Å². The van der Waals surface area contributed by atoms with Gasteiger partial charge in [0.25, 0.3) is 5.91 Å². The molecule has 2 aromatic carbocycles. The van der Waals surface area contributed by atoms with Gasteiger partial charge in [-0.2, -0.15) is 0 Å². The summed E-state index contributed by atoms with van der Waals surface area (Å²) in [6.07, 6.45) is 5.65. The molecule has 1 amide bonds. The molecule has 0 spiro atoms. The van der Waals surface area contributed by atoms with E-state index >= 15 is 0 Å². The van der Waals surface area contributed by atoms with Crippen molar-refractivity contribution in [1.29, 1.82) is 0 Å². The van der Waals surface area contributed by atoms with Gasteiger partial charge in [0.15, 0.2) is 0 Å². The molecule has 0 saturated heterocycles. The number of benzene rings is 2. The predicted octanol–water partition coefficient (Wildman–Crippen LogP) is 4.31. The first-order valence-electron chi connectivity index (χ1n) is 10.6. The second-order valence-corrected chi connectivity index (χ2v) is 7.86. The quantitative estimate of drug-likeness (QED) is 0.397. The Morgan fingerprint density at radius 2 is 1.93 bits per heavy atom. The fourth-order valence-electron chi connectivity index (χ4n) is 3.52. The number of amides is 1. The zero-order valence-electron chi connectivity index (χ0n) is 17.2. The molecule has 1 aliphatic rings. The number of carbonyl (C=O) groups is 1. The van der Waals surface area contributed by atoms with Crippen LogP contribution in [-0.4, -0.2) is 38.6 Å². The Morgan fingerprint density at radius 1 is 1.13 bits per heavy atom. The lowest BCUT2D eigenvalue weighted by molar-refractivity contribution is -0.0150. The Hall–Kier alpha value is -2.93. The van der Waals surface area contributed by atoms with Crippen LogP contribution >= 0.6 is 0 Å². The van der Waals surface area contributed by atoms with Crippen LogP contribution in [0.4, 0.5) is 0 Å². The molecule has 1 aliphatic carbocycles. The van der Waals surface area contributed by atoms with Gasteiger partial charge in [0.1, 0.15) is 22.5 Å². The topological polar surface area (TPSA) is 88.7 Å². The molecule has 0 unspecified atom stereocenters. The van der Waals surface area contributed by atoms with Crippen LogP contribution in [0.5, 0.6) is 5.75 Å². The molecule has 30 heavy (non-hydrogen) atoms. The van der Waals surface area contributed by atoms with Gasteiger partial charge >= 0.3 is 0 Å². The van der Waals surface area contributed by atoms with Crippen molar-refractivity contribution < 1.29 is 19.3 Å². The average Bonchev–Trinajstić information content (AvgIpc) is 3.33. The lowest BCUT2D eigenvalue weighted by atomic mass is 10.1. The van der Waals surface area contributed by atoms with Crippen LogP contribution in [-0.2, 0) is 6.54 Å². The number of para-hydroxylation sites is 1. The van der Waals surface area contributed by atoms with Gasteiger partial charge in [-0.05, 0) is 53.8 Å². The molecule has 0 radical (unpaired) electrons. The number of aliphatic hydroxyl groups is 1. The van der Waals surface area contributed by atoms with Gasteiger partial charge in [0.2, 0.25) is 0 Å². The maximum atomic E-state index is 13.3. The number of fused-ring (bicyclic) bond motifs is 1. The van der Waals surface area contributed by atoms with Crippen molar-refractivity contribution in [2.45, 2.75) is 57.7 Å². The first-order chi connectivity index (χ1) is 14.6. The van der Waals surface area contributed by atoms with Crippen LogP contribution in [0.25, 0.3) is 11.0 Å². The molecule has 0 atom stereocenters. The average molecular weight is 409 g/mol. The molecular weight excluding hydrogens is 382 g/mol. The molecule has 1 fully saturated rings. The highest BCUT2D eigenvalue weighted by molar-refractivity contribution is 5.97. The largest absolute Gasteiger partial charge is 0.493 e. The van der Waals surface area contributed by atoms with E-state index in [-0.39, 0.29) is 12.5 Å². The first-order valence-corrected chi connectivity index (χ1v) is 10.6. The zero-order valence-corrected chi connectivity index (χ0v) is 17.2. The van der Waals surface area contributed by atoms with Crippen LogP contribution in [0.2, 0.25) is 0 Å². The van der Waals surface area contributed by atoms with Crippen molar-refractivity contribution in [3.8, 4) is 5.75 Å². The van der Waals surface area contributed by atoms with E-state index in [9.17, 15) is 9.90 Å². The van der Waals surface area contributed by atoms with Crippen molar-refractivity contribution in [1.82, 2.24) is 15.2 Å². The maximum absolute atomic E-state index is 13.3. The number of aromatic nitrogens is 2. The van der Waals surface area contributed by atoms with E-state index in [0.29, 0.717) is 36.0 Å². The third kappa shape index (κ3) is 4.46. The molecule has 158 valence electrons. The highest BCUT2D eigenvalue weighted by atomic mass is 16.6. The van der Waals surface area contributed by atoms with Crippen LogP contribution in [0, 0.1) is 0 Å².